The summed E-state index contributed by atoms with van der Waals surface area (Å²) in [5.41, 5.74) is 1.37. The second-order valence-electron chi connectivity index (χ2n) is 5.57. The highest BCUT2D eigenvalue weighted by Gasteiger charge is 2.34. The van der Waals surface area contributed by atoms with Crippen molar-refractivity contribution in [2.45, 2.75) is 18.9 Å². The maximum absolute atomic E-state index is 12.7. The number of amides is 1. The fourth-order valence-corrected chi connectivity index (χ4v) is 3.32. The zero-order valence-corrected chi connectivity index (χ0v) is 13.1. The van der Waals surface area contributed by atoms with Crippen LogP contribution in [0.4, 0.5) is 5.69 Å². The summed E-state index contributed by atoms with van der Waals surface area (Å²) >= 11 is 6.12. The number of nitriles is 1. The van der Waals surface area contributed by atoms with Gasteiger partial charge in [-0.15, -0.1) is 0 Å². The largest absolute Gasteiger partial charge is 0.378 e. The van der Waals surface area contributed by atoms with E-state index in [1.165, 1.54) is 0 Å². The normalized spacial score (nSPS) is 21.7. The minimum atomic E-state index is -0.137. The summed E-state index contributed by atoms with van der Waals surface area (Å²) in [6, 6.07) is 7.29. The van der Waals surface area contributed by atoms with Crippen LogP contribution in [0.3, 0.4) is 0 Å². The molecule has 1 aromatic carbocycles. The molecule has 0 N–H and O–H groups in total. The first-order valence-corrected chi connectivity index (χ1v) is 7.91. The lowest BCUT2D eigenvalue weighted by Crippen LogP contribution is -2.49. The van der Waals surface area contributed by atoms with Gasteiger partial charge in [0.25, 0.3) is 0 Å². The van der Waals surface area contributed by atoms with Gasteiger partial charge in [-0.3, -0.25) is 4.79 Å². The van der Waals surface area contributed by atoms with E-state index in [9.17, 15) is 4.79 Å². The zero-order valence-electron chi connectivity index (χ0n) is 12.3. The number of anilines is 1. The Morgan fingerprint density at radius 2 is 2.09 bits per heavy atom. The third kappa shape index (κ3) is 2.90. The Hall–Kier alpha value is -1.77. The van der Waals surface area contributed by atoms with E-state index < -0.39 is 0 Å². The molecule has 6 heteroatoms. The Labute approximate surface area is 135 Å². The standard InChI is InChI=1S/C16H18ClN3O2/c17-14-10-13(4-3-12(14)11-18)20-5-1-2-15(20)16(21)19-6-8-22-9-7-19/h3-4,10,15H,1-2,5-9H2. The molecule has 0 aromatic heterocycles. The number of morpholine rings is 1. The highest BCUT2D eigenvalue weighted by Crippen LogP contribution is 2.30. The molecule has 2 saturated heterocycles. The lowest BCUT2D eigenvalue weighted by Gasteiger charge is -2.33. The number of carbonyl (C=O) groups excluding carboxylic acids is 1. The van der Waals surface area contributed by atoms with Crippen molar-refractivity contribution in [3.8, 4) is 6.07 Å². The summed E-state index contributed by atoms with van der Waals surface area (Å²) < 4.78 is 5.31. The van der Waals surface area contributed by atoms with Crippen LogP contribution < -0.4 is 4.90 Å². The predicted molar refractivity (Wildman–Crippen MR) is 83.9 cm³/mol. The van der Waals surface area contributed by atoms with E-state index >= 15 is 0 Å². The Kier molecular flexibility index (Phi) is 4.51. The predicted octanol–water partition coefficient (Wildman–Crippen LogP) is 2.04. The molecule has 116 valence electrons. The minimum Gasteiger partial charge on any atom is -0.378 e. The highest BCUT2D eigenvalue weighted by atomic mass is 35.5. The molecule has 3 rings (SSSR count). The molecule has 0 bridgehead atoms. The summed E-state index contributed by atoms with van der Waals surface area (Å²) in [5.74, 6) is 0.168. The first-order chi connectivity index (χ1) is 10.7. The second-order valence-corrected chi connectivity index (χ2v) is 5.97. The maximum atomic E-state index is 12.7. The monoisotopic (exact) mass is 319 g/mol. The first kappa shape index (κ1) is 15.1. The van der Waals surface area contributed by atoms with Crippen molar-refractivity contribution >= 4 is 23.2 Å². The van der Waals surface area contributed by atoms with Gasteiger partial charge >= 0.3 is 0 Å². The van der Waals surface area contributed by atoms with Gasteiger partial charge in [0.2, 0.25) is 5.91 Å². The van der Waals surface area contributed by atoms with Crippen LogP contribution in [-0.4, -0.2) is 49.7 Å². The van der Waals surface area contributed by atoms with Crippen molar-refractivity contribution in [2.75, 3.05) is 37.7 Å². The van der Waals surface area contributed by atoms with Gasteiger partial charge in [0, 0.05) is 25.3 Å². The number of rotatable bonds is 2. The van der Waals surface area contributed by atoms with E-state index in [2.05, 4.69) is 11.0 Å². The molecular formula is C16H18ClN3O2. The molecule has 1 atom stereocenters. The average Bonchev–Trinajstić information content (AvgIpc) is 3.04. The molecule has 0 saturated carbocycles. The van der Waals surface area contributed by atoms with E-state index in [0.717, 1.165) is 25.1 Å². The Bertz CT molecular complexity index is 608. The van der Waals surface area contributed by atoms with Gasteiger partial charge in [-0.2, -0.15) is 5.26 Å². The fourth-order valence-electron chi connectivity index (χ4n) is 3.10. The molecule has 0 radical (unpaired) electrons. The Morgan fingerprint density at radius 3 is 2.77 bits per heavy atom. The SMILES string of the molecule is N#Cc1ccc(N2CCCC2C(=O)N2CCOCC2)cc1Cl. The number of hydrogen-bond acceptors (Lipinski definition) is 4. The topological polar surface area (TPSA) is 56.6 Å². The number of carbonyl (C=O) groups is 1. The van der Waals surface area contributed by atoms with E-state index in [0.29, 0.717) is 36.9 Å². The van der Waals surface area contributed by atoms with Crippen LogP contribution in [0.25, 0.3) is 0 Å². The lowest BCUT2D eigenvalue weighted by atomic mass is 10.1. The lowest BCUT2D eigenvalue weighted by molar-refractivity contribution is -0.136. The summed E-state index contributed by atoms with van der Waals surface area (Å²) in [7, 11) is 0. The number of ether oxygens (including phenoxy) is 1. The van der Waals surface area contributed by atoms with E-state index in [4.69, 9.17) is 21.6 Å². The van der Waals surface area contributed by atoms with Gasteiger partial charge in [-0.05, 0) is 31.0 Å². The van der Waals surface area contributed by atoms with Crippen molar-refractivity contribution in [1.82, 2.24) is 4.90 Å². The van der Waals surface area contributed by atoms with Gasteiger partial charge in [0.15, 0.2) is 0 Å². The molecule has 2 aliphatic heterocycles. The molecule has 1 aromatic rings. The van der Waals surface area contributed by atoms with Gasteiger partial charge in [-0.25, -0.2) is 0 Å². The average molecular weight is 320 g/mol. The fraction of sp³-hybridized carbons (Fsp3) is 0.500. The van der Waals surface area contributed by atoms with Crippen LogP contribution in [0, 0.1) is 11.3 Å². The van der Waals surface area contributed by atoms with Crippen molar-refractivity contribution in [3.63, 3.8) is 0 Å². The van der Waals surface area contributed by atoms with E-state index in [-0.39, 0.29) is 11.9 Å². The molecule has 2 aliphatic rings. The van der Waals surface area contributed by atoms with Crippen LogP contribution in [0.15, 0.2) is 18.2 Å². The second kappa shape index (κ2) is 6.55. The van der Waals surface area contributed by atoms with Gasteiger partial charge < -0.3 is 14.5 Å². The summed E-state index contributed by atoms with van der Waals surface area (Å²) in [6.07, 6.45) is 1.84. The smallest absolute Gasteiger partial charge is 0.245 e. The molecule has 1 amide bonds. The number of nitrogens with zero attached hydrogens (tertiary/aromatic N) is 3. The summed E-state index contributed by atoms with van der Waals surface area (Å²) in [4.78, 5) is 16.7. The Balaban J connectivity index is 1.79. The third-order valence-electron chi connectivity index (χ3n) is 4.27. The molecule has 2 fully saturated rings. The van der Waals surface area contributed by atoms with Crippen molar-refractivity contribution in [2.24, 2.45) is 0 Å². The van der Waals surface area contributed by atoms with Crippen LogP contribution in [0.1, 0.15) is 18.4 Å². The van der Waals surface area contributed by atoms with Crippen LogP contribution in [0.2, 0.25) is 5.02 Å². The highest BCUT2D eigenvalue weighted by molar-refractivity contribution is 6.32. The van der Waals surface area contributed by atoms with Crippen molar-refractivity contribution in [1.29, 1.82) is 5.26 Å². The van der Waals surface area contributed by atoms with Crippen molar-refractivity contribution in [3.05, 3.63) is 28.8 Å². The molecule has 5 nitrogen and oxygen atoms in total. The van der Waals surface area contributed by atoms with E-state index in [1.54, 1.807) is 12.1 Å². The first-order valence-electron chi connectivity index (χ1n) is 7.53. The Morgan fingerprint density at radius 1 is 1.32 bits per heavy atom. The number of hydrogen-bond donors (Lipinski definition) is 0. The molecule has 1 unspecified atom stereocenters. The number of benzene rings is 1. The third-order valence-corrected chi connectivity index (χ3v) is 4.58. The van der Waals surface area contributed by atoms with Gasteiger partial charge in [0.1, 0.15) is 12.1 Å². The summed E-state index contributed by atoms with van der Waals surface area (Å²) in [6.45, 7) is 3.39. The van der Waals surface area contributed by atoms with Gasteiger partial charge in [0.05, 0.1) is 23.8 Å². The molecule has 0 spiro atoms. The van der Waals surface area contributed by atoms with Crippen LogP contribution in [0.5, 0.6) is 0 Å². The quantitative estimate of drug-likeness (QED) is 0.837. The van der Waals surface area contributed by atoms with Crippen LogP contribution in [-0.2, 0) is 9.53 Å². The minimum absolute atomic E-state index is 0.137. The van der Waals surface area contributed by atoms with E-state index in [1.807, 2.05) is 11.0 Å². The van der Waals surface area contributed by atoms with Crippen LogP contribution >= 0.6 is 11.6 Å². The molecule has 22 heavy (non-hydrogen) atoms. The zero-order chi connectivity index (χ0) is 15.5. The molecular weight excluding hydrogens is 302 g/mol. The van der Waals surface area contributed by atoms with Crippen molar-refractivity contribution < 1.29 is 9.53 Å². The molecule has 0 aliphatic carbocycles. The molecule has 2 heterocycles. The van der Waals surface area contributed by atoms with Gasteiger partial charge in [-0.1, -0.05) is 11.6 Å². The maximum Gasteiger partial charge on any atom is 0.245 e. The number of halogens is 1. The summed E-state index contributed by atoms with van der Waals surface area (Å²) in [5, 5.41) is 9.40.